The van der Waals surface area contributed by atoms with Crippen LogP contribution in [0.25, 0.3) is 0 Å². The van der Waals surface area contributed by atoms with E-state index in [0.717, 1.165) is 6.42 Å². The van der Waals surface area contributed by atoms with Gasteiger partial charge in [0, 0.05) is 6.04 Å². The number of carbonyl (C=O) groups excluding carboxylic acids is 1. The lowest BCUT2D eigenvalue weighted by Gasteiger charge is -2.34. The summed E-state index contributed by atoms with van der Waals surface area (Å²) in [6, 6.07) is 0.489. The van der Waals surface area contributed by atoms with Gasteiger partial charge in [0.1, 0.15) is 0 Å². The average molecular weight is 266 g/mol. The van der Waals surface area contributed by atoms with E-state index in [1.807, 2.05) is 6.92 Å². The summed E-state index contributed by atoms with van der Waals surface area (Å²) in [6.45, 7) is 6.50. The Balaban J connectivity index is 2.05. The molecule has 1 N–H and O–H groups in total. The molecule has 3 nitrogen and oxygen atoms in total. The molecule has 1 aliphatic carbocycles. The van der Waals surface area contributed by atoms with Gasteiger partial charge in [0.2, 0.25) is 5.91 Å². The first-order chi connectivity index (χ1) is 9.09. The van der Waals surface area contributed by atoms with E-state index in [2.05, 4.69) is 24.1 Å². The molecule has 1 saturated heterocycles. The SMILES string of the molecule is CC(C)CC1NC(C)C(=O)N1C1CCCCCCC1. The highest BCUT2D eigenvalue weighted by Crippen LogP contribution is 2.27. The lowest BCUT2D eigenvalue weighted by Crippen LogP contribution is -2.45. The summed E-state index contributed by atoms with van der Waals surface area (Å²) in [5, 5.41) is 3.49. The minimum Gasteiger partial charge on any atom is -0.323 e. The van der Waals surface area contributed by atoms with Crippen molar-refractivity contribution >= 4 is 5.91 Å². The number of nitrogens with one attached hydrogen (secondary N) is 1. The minimum absolute atomic E-state index is 0.00851. The molecular formula is C16H30N2O. The van der Waals surface area contributed by atoms with Crippen LogP contribution in [0.5, 0.6) is 0 Å². The Bertz CT molecular complexity index is 295. The van der Waals surface area contributed by atoms with Crippen molar-refractivity contribution < 1.29 is 4.79 Å². The fourth-order valence-corrected chi connectivity index (χ4v) is 3.59. The Hall–Kier alpha value is -0.570. The van der Waals surface area contributed by atoms with E-state index in [1.54, 1.807) is 0 Å². The number of rotatable bonds is 3. The van der Waals surface area contributed by atoms with E-state index in [-0.39, 0.29) is 12.2 Å². The minimum atomic E-state index is 0.00851. The second kappa shape index (κ2) is 6.74. The normalized spacial score (nSPS) is 30.7. The molecule has 1 aliphatic heterocycles. The third kappa shape index (κ3) is 3.71. The summed E-state index contributed by atoms with van der Waals surface area (Å²) in [7, 11) is 0. The monoisotopic (exact) mass is 266 g/mol. The number of hydrogen-bond acceptors (Lipinski definition) is 2. The molecule has 2 aliphatic rings. The summed E-state index contributed by atoms with van der Waals surface area (Å²) < 4.78 is 0. The Morgan fingerprint density at radius 2 is 1.74 bits per heavy atom. The summed E-state index contributed by atoms with van der Waals surface area (Å²) in [5.74, 6) is 0.961. The highest BCUT2D eigenvalue weighted by molar-refractivity contribution is 5.84. The lowest BCUT2D eigenvalue weighted by atomic mass is 9.94. The van der Waals surface area contributed by atoms with Crippen LogP contribution in [0.1, 0.15) is 72.1 Å². The first kappa shape index (κ1) is 14.8. The summed E-state index contributed by atoms with van der Waals surface area (Å²) in [4.78, 5) is 14.7. The first-order valence-electron chi connectivity index (χ1n) is 8.18. The smallest absolute Gasteiger partial charge is 0.240 e. The Labute approximate surface area is 118 Å². The number of hydrogen-bond donors (Lipinski definition) is 1. The molecule has 0 aromatic heterocycles. The van der Waals surface area contributed by atoms with Crippen LogP contribution >= 0.6 is 0 Å². The predicted molar refractivity (Wildman–Crippen MR) is 78.8 cm³/mol. The van der Waals surface area contributed by atoms with Gasteiger partial charge in [-0.3, -0.25) is 10.1 Å². The van der Waals surface area contributed by atoms with Gasteiger partial charge in [0.25, 0.3) is 0 Å². The van der Waals surface area contributed by atoms with E-state index >= 15 is 0 Å². The Morgan fingerprint density at radius 1 is 1.16 bits per heavy atom. The second-order valence-electron chi connectivity index (χ2n) is 6.78. The standard InChI is InChI=1S/C16H30N2O/c1-12(2)11-15-17-13(3)16(19)18(15)14-9-7-5-4-6-8-10-14/h12-15,17H,4-11H2,1-3H3. The van der Waals surface area contributed by atoms with E-state index in [9.17, 15) is 4.79 Å². The van der Waals surface area contributed by atoms with Crippen LogP contribution in [-0.4, -0.2) is 29.1 Å². The van der Waals surface area contributed by atoms with Gasteiger partial charge in [0.05, 0.1) is 12.2 Å². The molecule has 2 rings (SSSR count). The van der Waals surface area contributed by atoms with Crippen molar-refractivity contribution in [1.29, 1.82) is 0 Å². The topological polar surface area (TPSA) is 32.3 Å². The van der Waals surface area contributed by atoms with Gasteiger partial charge in [-0.05, 0) is 32.1 Å². The van der Waals surface area contributed by atoms with E-state index in [0.29, 0.717) is 17.9 Å². The molecule has 110 valence electrons. The molecule has 0 aromatic carbocycles. The fourth-order valence-electron chi connectivity index (χ4n) is 3.59. The van der Waals surface area contributed by atoms with Crippen molar-refractivity contribution in [2.75, 3.05) is 0 Å². The van der Waals surface area contributed by atoms with Gasteiger partial charge in [-0.2, -0.15) is 0 Å². The second-order valence-corrected chi connectivity index (χ2v) is 6.78. The van der Waals surface area contributed by atoms with Crippen LogP contribution in [0, 0.1) is 5.92 Å². The highest BCUT2D eigenvalue weighted by atomic mass is 16.2. The highest BCUT2D eigenvalue weighted by Gasteiger charge is 2.40. The van der Waals surface area contributed by atoms with Crippen LogP contribution in [-0.2, 0) is 4.79 Å². The number of amides is 1. The van der Waals surface area contributed by atoms with E-state index < -0.39 is 0 Å². The molecule has 2 atom stereocenters. The molecule has 0 bridgehead atoms. The molecule has 2 unspecified atom stereocenters. The third-order valence-electron chi connectivity index (χ3n) is 4.57. The molecule has 19 heavy (non-hydrogen) atoms. The largest absolute Gasteiger partial charge is 0.323 e. The van der Waals surface area contributed by atoms with Gasteiger partial charge in [-0.15, -0.1) is 0 Å². The van der Waals surface area contributed by atoms with Crippen molar-refractivity contribution in [3.05, 3.63) is 0 Å². The Morgan fingerprint density at radius 3 is 2.32 bits per heavy atom. The Kier molecular flexibility index (Phi) is 5.26. The van der Waals surface area contributed by atoms with Crippen LogP contribution in [0.4, 0.5) is 0 Å². The molecular weight excluding hydrogens is 236 g/mol. The first-order valence-corrected chi connectivity index (χ1v) is 8.18. The van der Waals surface area contributed by atoms with Crippen molar-refractivity contribution in [2.45, 2.75) is 90.4 Å². The molecule has 1 heterocycles. The van der Waals surface area contributed by atoms with Gasteiger partial charge in [-0.25, -0.2) is 0 Å². The third-order valence-corrected chi connectivity index (χ3v) is 4.57. The molecule has 0 spiro atoms. The molecule has 0 radical (unpaired) electrons. The van der Waals surface area contributed by atoms with E-state index in [1.165, 1.54) is 44.9 Å². The summed E-state index contributed by atoms with van der Waals surface area (Å²) in [5.41, 5.74) is 0. The molecule has 0 aromatic rings. The van der Waals surface area contributed by atoms with Crippen molar-refractivity contribution in [2.24, 2.45) is 5.92 Å². The maximum Gasteiger partial charge on any atom is 0.240 e. The molecule has 2 fully saturated rings. The van der Waals surface area contributed by atoms with Crippen LogP contribution in [0.15, 0.2) is 0 Å². The predicted octanol–water partition coefficient (Wildman–Crippen LogP) is 3.29. The zero-order chi connectivity index (χ0) is 13.8. The zero-order valence-corrected chi connectivity index (χ0v) is 12.8. The van der Waals surface area contributed by atoms with Crippen molar-refractivity contribution in [1.82, 2.24) is 10.2 Å². The van der Waals surface area contributed by atoms with Crippen molar-refractivity contribution in [3.8, 4) is 0 Å². The van der Waals surface area contributed by atoms with Crippen LogP contribution in [0.3, 0.4) is 0 Å². The lowest BCUT2D eigenvalue weighted by molar-refractivity contribution is -0.132. The molecule has 3 heteroatoms. The van der Waals surface area contributed by atoms with Gasteiger partial charge >= 0.3 is 0 Å². The van der Waals surface area contributed by atoms with Crippen LogP contribution in [0.2, 0.25) is 0 Å². The van der Waals surface area contributed by atoms with Gasteiger partial charge < -0.3 is 4.90 Å². The average Bonchev–Trinajstić information content (AvgIpc) is 2.55. The molecule has 1 amide bonds. The maximum atomic E-state index is 12.5. The maximum absolute atomic E-state index is 12.5. The fraction of sp³-hybridized carbons (Fsp3) is 0.938. The number of carbonyl (C=O) groups is 1. The summed E-state index contributed by atoms with van der Waals surface area (Å²) >= 11 is 0. The number of nitrogens with zero attached hydrogens (tertiary/aromatic N) is 1. The van der Waals surface area contributed by atoms with Crippen molar-refractivity contribution in [3.63, 3.8) is 0 Å². The van der Waals surface area contributed by atoms with E-state index in [4.69, 9.17) is 0 Å². The van der Waals surface area contributed by atoms with Gasteiger partial charge in [0.15, 0.2) is 0 Å². The van der Waals surface area contributed by atoms with Crippen LogP contribution < -0.4 is 5.32 Å². The zero-order valence-electron chi connectivity index (χ0n) is 12.8. The van der Waals surface area contributed by atoms with Gasteiger partial charge in [-0.1, -0.05) is 46.0 Å². The molecule has 1 saturated carbocycles. The summed E-state index contributed by atoms with van der Waals surface area (Å²) in [6.07, 6.45) is 10.4. The quantitative estimate of drug-likeness (QED) is 0.850.